The Morgan fingerprint density at radius 1 is 1.45 bits per heavy atom. The molecule has 0 bridgehead atoms. The number of aliphatic hydroxyl groups is 1. The van der Waals surface area contributed by atoms with E-state index in [1.807, 2.05) is 10.8 Å². The first-order valence-electron chi connectivity index (χ1n) is 6.24. The maximum Gasteiger partial charge on any atom is 0.242 e. The van der Waals surface area contributed by atoms with Gasteiger partial charge in [-0.1, -0.05) is 0 Å². The van der Waals surface area contributed by atoms with E-state index in [1.165, 1.54) is 12.3 Å². The lowest BCUT2D eigenvalue weighted by atomic mass is 10.4. The molecule has 7 nitrogen and oxygen atoms in total. The fourth-order valence-corrected chi connectivity index (χ4v) is 3.02. The molecule has 0 saturated heterocycles. The highest BCUT2D eigenvalue weighted by atomic mass is 32.2. The summed E-state index contributed by atoms with van der Waals surface area (Å²) in [6.45, 7) is 0.871. The van der Waals surface area contributed by atoms with Crippen LogP contribution in [0.15, 0.2) is 35.9 Å². The van der Waals surface area contributed by atoms with Gasteiger partial charge < -0.3 is 14.2 Å². The fraction of sp³-hybridized carbons (Fsp3) is 0.417. The highest BCUT2D eigenvalue weighted by Crippen LogP contribution is 2.13. The van der Waals surface area contributed by atoms with Crippen molar-refractivity contribution in [1.82, 2.24) is 18.8 Å². The fourth-order valence-electron chi connectivity index (χ4n) is 1.85. The molecule has 2 rings (SSSR count). The van der Waals surface area contributed by atoms with Gasteiger partial charge in [-0.05, 0) is 12.5 Å². The lowest BCUT2D eigenvalue weighted by Crippen LogP contribution is -2.25. The first-order valence-corrected chi connectivity index (χ1v) is 7.73. The van der Waals surface area contributed by atoms with E-state index in [4.69, 9.17) is 5.11 Å². The Labute approximate surface area is 117 Å². The molecule has 8 heteroatoms. The number of aryl methyl sites for hydroxylation is 2. The Bertz CT molecular complexity index is 646. The van der Waals surface area contributed by atoms with Crippen LogP contribution in [-0.2, 0) is 30.2 Å². The van der Waals surface area contributed by atoms with E-state index in [0.29, 0.717) is 25.2 Å². The molecule has 0 aliphatic rings. The summed E-state index contributed by atoms with van der Waals surface area (Å²) in [7, 11) is -1.82. The zero-order valence-corrected chi connectivity index (χ0v) is 12.0. The Morgan fingerprint density at radius 2 is 2.25 bits per heavy atom. The van der Waals surface area contributed by atoms with Gasteiger partial charge in [0.15, 0.2) is 0 Å². The largest absolute Gasteiger partial charge is 0.390 e. The third-order valence-electron chi connectivity index (χ3n) is 3.00. The molecule has 110 valence electrons. The Hall–Kier alpha value is -1.64. The molecule has 2 aromatic rings. The van der Waals surface area contributed by atoms with Crippen LogP contribution in [0, 0.1) is 0 Å². The minimum absolute atomic E-state index is 0.173. The minimum Gasteiger partial charge on any atom is -0.390 e. The number of nitrogens with one attached hydrogen (secondary N) is 1. The minimum atomic E-state index is -3.52. The highest BCUT2D eigenvalue weighted by molar-refractivity contribution is 7.89. The van der Waals surface area contributed by atoms with Crippen LogP contribution in [-0.4, -0.2) is 34.2 Å². The van der Waals surface area contributed by atoms with Gasteiger partial charge in [-0.3, -0.25) is 0 Å². The van der Waals surface area contributed by atoms with E-state index in [1.54, 1.807) is 24.1 Å². The normalized spacial score (nSPS) is 11.9. The van der Waals surface area contributed by atoms with E-state index in [2.05, 4.69) is 9.71 Å². The molecule has 0 aliphatic carbocycles. The van der Waals surface area contributed by atoms with Crippen LogP contribution in [0.25, 0.3) is 0 Å². The van der Waals surface area contributed by atoms with Gasteiger partial charge in [-0.25, -0.2) is 18.1 Å². The molecule has 0 unspecified atom stereocenters. The van der Waals surface area contributed by atoms with Gasteiger partial charge in [0.25, 0.3) is 0 Å². The van der Waals surface area contributed by atoms with E-state index >= 15 is 0 Å². The number of aromatic nitrogens is 3. The van der Waals surface area contributed by atoms with Crippen LogP contribution in [0.5, 0.6) is 0 Å². The lowest BCUT2D eigenvalue weighted by Gasteiger charge is -2.05. The molecule has 0 saturated carbocycles. The number of rotatable bonds is 7. The molecular formula is C12H18N4O3S. The van der Waals surface area contributed by atoms with E-state index in [9.17, 15) is 8.42 Å². The van der Waals surface area contributed by atoms with E-state index in [-0.39, 0.29) is 11.5 Å². The summed E-state index contributed by atoms with van der Waals surface area (Å²) in [5.74, 6) is 0. The zero-order valence-electron chi connectivity index (χ0n) is 11.2. The van der Waals surface area contributed by atoms with Gasteiger partial charge in [-0.2, -0.15) is 0 Å². The Morgan fingerprint density at radius 3 is 2.85 bits per heavy atom. The van der Waals surface area contributed by atoms with Crippen molar-refractivity contribution >= 4 is 10.0 Å². The molecule has 0 radical (unpaired) electrons. The molecule has 2 aromatic heterocycles. The number of hydrogen-bond donors (Lipinski definition) is 2. The van der Waals surface area contributed by atoms with Crippen LogP contribution >= 0.6 is 0 Å². The molecule has 0 amide bonds. The molecule has 0 spiro atoms. The first-order chi connectivity index (χ1) is 9.53. The molecule has 0 fully saturated rings. The topological polar surface area (TPSA) is 89.2 Å². The van der Waals surface area contributed by atoms with Gasteiger partial charge in [0.2, 0.25) is 10.0 Å². The maximum atomic E-state index is 12.0. The number of imidazole rings is 1. The third-order valence-corrected chi connectivity index (χ3v) is 4.43. The summed E-state index contributed by atoms with van der Waals surface area (Å²) in [5, 5.41) is 9.07. The van der Waals surface area contributed by atoms with Gasteiger partial charge in [-0.15, -0.1) is 0 Å². The molecule has 2 N–H and O–H groups in total. The molecule has 0 aliphatic heterocycles. The molecule has 0 aromatic carbocycles. The monoisotopic (exact) mass is 298 g/mol. The number of sulfonamides is 1. The quantitative estimate of drug-likeness (QED) is 0.709. The van der Waals surface area contributed by atoms with Crippen LogP contribution < -0.4 is 4.72 Å². The smallest absolute Gasteiger partial charge is 0.242 e. The van der Waals surface area contributed by atoms with Crippen LogP contribution in [0.4, 0.5) is 0 Å². The highest BCUT2D eigenvalue weighted by Gasteiger charge is 2.16. The number of aliphatic hydroxyl groups excluding tert-OH is 1. The SMILES string of the molecule is Cn1cc(S(=O)(=O)NCCCn2ccnc2)cc1CO. The van der Waals surface area contributed by atoms with Crippen molar-refractivity contribution in [2.24, 2.45) is 7.05 Å². The van der Waals surface area contributed by atoms with Crippen molar-refractivity contribution in [1.29, 1.82) is 0 Å². The first kappa shape index (κ1) is 14.8. The second-order valence-corrected chi connectivity index (χ2v) is 6.25. The Balaban J connectivity index is 1.90. The molecule has 0 atom stereocenters. The summed E-state index contributed by atoms with van der Waals surface area (Å²) in [4.78, 5) is 4.09. The van der Waals surface area contributed by atoms with Crippen LogP contribution in [0.2, 0.25) is 0 Å². The van der Waals surface area contributed by atoms with E-state index < -0.39 is 10.0 Å². The predicted octanol–water partition coefficient (Wildman–Crippen LogP) is 0.0825. The summed E-state index contributed by atoms with van der Waals surface area (Å²) < 4.78 is 30.1. The van der Waals surface area contributed by atoms with Crippen molar-refractivity contribution in [2.45, 2.75) is 24.5 Å². The van der Waals surface area contributed by atoms with Gasteiger partial charge in [0, 0.05) is 44.4 Å². The zero-order chi connectivity index (χ0) is 14.6. The van der Waals surface area contributed by atoms with Crippen molar-refractivity contribution in [3.05, 3.63) is 36.7 Å². The third kappa shape index (κ3) is 3.47. The molecule has 20 heavy (non-hydrogen) atoms. The predicted molar refractivity (Wildman–Crippen MR) is 73.4 cm³/mol. The molecule has 2 heterocycles. The lowest BCUT2D eigenvalue weighted by molar-refractivity contribution is 0.272. The maximum absolute atomic E-state index is 12.0. The van der Waals surface area contributed by atoms with E-state index in [0.717, 1.165) is 0 Å². The number of hydrogen-bond acceptors (Lipinski definition) is 4. The van der Waals surface area contributed by atoms with Crippen LogP contribution in [0.3, 0.4) is 0 Å². The second-order valence-electron chi connectivity index (χ2n) is 4.49. The molecular weight excluding hydrogens is 280 g/mol. The average molecular weight is 298 g/mol. The number of nitrogens with zero attached hydrogens (tertiary/aromatic N) is 3. The van der Waals surface area contributed by atoms with Crippen LogP contribution in [0.1, 0.15) is 12.1 Å². The van der Waals surface area contributed by atoms with Crippen molar-refractivity contribution < 1.29 is 13.5 Å². The van der Waals surface area contributed by atoms with Gasteiger partial charge in [0.1, 0.15) is 0 Å². The summed E-state index contributed by atoms with van der Waals surface area (Å²) >= 11 is 0. The van der Waals surface area contributed by atoms with Gasteiger partial charge in [0.05, 0.1) is 17.8 Å². The standard InChI is InChI=1S/C12H18N4O3S/c1-15-8-12(7-11(15)9-17)20(18,19)14-3-2-5-16-6-4-13-10-16/h4,6-8,10,14,17H,2-3,5,9H2,1H3. The van der Waals surface area contributed by atoms with Gasteiger partial charge >= 0.3 is 0 Å². The summed E-state index contributed by atoms with van der Waals surface area (Å²) in [6, 6.07) is 1.47. The van der Waals surface area contributed by atoms with Crippen molar-refractivity contribution in [2.75, 3.05) is 6.54 Å². The summed E-state index contributed by atoms with van der Waals surface area (Å²) in [6.07, 6.45) is 7.38. The van der Waals surface area contributed by atoms with Crippen molar-refractivity contribution in [3.63, 3.8) is 0 Å². The summed E-state index contributed by atoms with van der Waals surface area (Å²) in [5.41, 5.74) is 0.559. The van der Waals surface area contributed by atoms with Crippen molar-refractivity contribution in [3.8, 4) is 0 Å². The second kappa shape index (κ2) is 6.21. The average Bonchev–Trinajstić information content (AvgIpc) is 3.04. The Kier molecular flexibility index (Phi) is 4.58.